The van der Waals surface area contributed by atoms with Gasteiger partial charge in [-0.25, -0.2) is 14.4 Å². The zero-order valence-electron chi connectivity index (χ0n) is 23.8. The van der Waals surface area contributed by atoms with E-state index in [1.54, 1.807) is 24.3 Å². The van der Waals surface area contributed by atoms with Crippen molar-refractivity contribution in [3.05, 3.63) is 114 Å². The molecule has 210 valence electrons. The van der Waals surface area contributed by atoms with Crippen molar-refractivity contribution in [1.82, 2.24) is 30.5 Å². The van der Waals surface area contributed by atoms with E-state index in [4.69, 9.17) is 9.97 Å². The summed E-state index contributed by atoms with van der Waals surface area (Å²) in [7, 11) is 0. The highest BCUT2D eigenvalue weighted by Crippen LogP contribution is 2.31. The minimum Gasteiger partial charge on any atom is -0.340 e. The third kappa shape index (κ3) is 6.20. The number of halogens is 1. The number of hydrogen-bond acceptors (Lipinski definition) is 4. The average molecular weight is 549 g/mol. The molecule has 1 aliphatic rings. The van der Waals surface area contributed by atoms with E-state index in [1.807, 2.05) is 38.1 Å². The van der Waals surface area contributed by atoms with Crippen molar-refractivity contribution in [2.24, 2.45) is 5.92 Å². The smallest absolute Gasteiger partial charge is 0.161 e. The Morgan fingerprint density at radius 3 is 2.66 bits per heavy atom. The maximum absolute atomic E-state index is 14.7. The Kier molecular flexibility index (Phi) is 8.85. The van der Waals surface area contributed by atoms with Gasteiger partial charge < -0.3 is 10.3 Å². The van der Waals surface area contributed by atoms with Gasteiger partial charge in [-0.1, -0.05) is 68.5 Å². The van der Waals surface area contributed by atoms with Crippen molar-refractivity contribution in [2.45, 2.75) is 39.5 Å². The summed E-state index contributed by atoms with van der Waals surface area (Å²) in [6.07, 6.45) is 14.9. The Bertz CT molecular complexity index is 1640. The number of allylic oxidation sites excluding steroid dienone is 5. The number of hydrogen-bond donors (Lipinski definition) is 3. The summed E-state index contributed by atoms with van der Waals surface area (Å²) in [5.74, 6) is 1.02. The second kappa shape index (κ2) is 12.9. The number of fused-ring (bicyclic) bond motifs is 1. The van der Waals surface area contributed by atoms with Crippen LogP contribution in [0.15, 0.2) is 85.5 Å². The Morgan fingerprint density at radius 1 is 1.12 bits per heavy atom. The Balaban J connectivity index is 1.45. The second-order valence-electron chi connectivity index (χ2n) is 10.5. The van der Waals surface area contributed by atoms with Gasteiger partial charge in [0.05, 0.1) is 16.9 Å². The number of rotatable bonds is 11. The average Bonchev–Trinajstić information content (AvgIpc) is 3.74. The summed E-state index contributed by atoms with van der Waals surface area (Å²) in [4.78, 5) is 13.2. The summed E-state index contributed by atoms with van der Waals surface area (Å²) in [6.45, 7) is 13.6. The molecule has 3 N–H and O–H groups in total. The van der Waals surface area contributed by atoms with Gasteiger partial charge in [0.2, 0.25) is 0 Å². The van der Waals surface area contributed by atoms with Crippen molar-refractivity contribution in [1.29, 1.82) is 0 Å². The normalized spacial score (nSPS) is 15.1. The van der Waals surface area contributed by atoms with Gasteiger partial charge in [-0.3, -0.25) is 5.10 Å². The van der Waals surface area contributed by atoms with Gasteiger partial charge in [-0.2, -0.15) is 5.10 Å². The minimum absolute atomic E-state index is 0.319. The number of aryl methyl sites for hydroxylation is 1. The van der Waals surface area contributed by atoms with Gasteiger partial charge in [0.1, 0.15) is 11.3 Å². The van der Waals surface area contributed by atoms with Crippen LogP contribution in [0.25, 0.3) is 33.7 Å². The third-order valence-corrected chi connectivity index (χ3v) is 7.67. The molecule has 0 spiro atoms. The van der Waals surface area contributed by atoms with E-state index in [1.165, 1.54) is 31.7 Å². The first kappa shape index (κ1) is 28.2. The molecular weight excluding hydrogens is 511 g/mol. The quantitative estimate of drug-likeness (QED) is 0.168. The predicted octanol–water partition coefficient (Wildman–Crippen LogP) is 7.71. The molecule has 3 aromatic heterocycles. The Morgan fingerprint density at radius 2 is 1.93 bits per heavy atom. The van der Waals surface area contributed by atoms with Crippen LogP contribution < -0.4 is 5.32 Å². The first-order valence-electron chi connectivity index (χ1n) is 14.2. The SMILES string of the molecule is C=C/C=C(/c1ccccc1F)c1nc(-c2n[nH]c3ccc(C(/C=C(\C=C)CNCC4CCCC4)=C/C)nc23)[nH]c1C. The van der Waals surface area contributed by atoms with Crippen LogP contribution in [0.5, 0.6) is 0 Å². The lowest BCUT2D eigenvalue weighted by molar-refractivity contribution is 0.503. The maximum atomic E-state index is 14.7. The molecule has 0 saturated heterocycles. The molecule has 1 aliphatic carbocycles. The molecule has 0 amide bonds. The van der Waals surface area contributed by atoms with Gasteiger partial charge in [0.15, 0.2) is 11.5 Å². The van der Waals surface area contributed by atoms with Crippen molar-refractivity contribution in [3.63, 3.8) is 0 Å². The third-order valence-electron chi connectivity index (χ3n) is 7.67. The summed E-state index contributed by atoms with van der Waals surface area (Å²) in [5.41, 5.74) is 7.59. The summed E-state index contributed by atoms with van der Waals surface area (Å²) in [6, 6.07) is 10.6. The van der Waals surface area contributed by atoms with E-state index in [0.29, 0.717) is 33.9 Å². The van der Waals surface area contributed by atoms with E-state index in [-0.39, 0.29) is 5.82 Å². The number of benzene rings is 1. The van der Waals surface area contributed by atoms with E-state index in [0.717, 1.165) is 47.1 Å². The van der Waals surface area contributed by atoms with Crippen LogP contribution in [0.4, 0.5) is 4.39 Å². The summed E-state index contributed by atoms with van der Waals surface area (Å²) in [5, 5.41) is 11.2. The Labute approximate surface area is 240 Å². The largest absolute Gasteiger partial charge is 0.340 e. The molecule has 0 atom stereocenters. The van der Waals surface area contributed by atoms with Crippen LogP contribution in [0.2, 0.25) is 0 Å². The molecule has 1 saturated carbocycles. The topological polar surface area (TPSA) is 82.3 Å². The standard InChI is InChI=1S/C34H37FN6/c1-5-12-27(26-15-10-11-16-28(26)35)31-22(4)37-34(39-31)33-32-30(40-41-33)18-17-29(38-32)25(7-3)19-23(6-2)20-36-21-24-13-8-9-14-24/h5-7,10-12,15-19,24,36H,1-2,8-9,13-14,20-21H2,3-4H3,(H,37,39)(H,40,41)/b23-19+,25-7+,27-12-. The first-order chi connectivity index (χ1) is 20.0. The molecule has 1 fully saturated rings. The lowest BCUT2D eigenvalue weighted by Crippen LogP contribution is -2.23. The number of imidazole rings is 1. The van der Waals surface area contributed by atoms with E-state index in [9.17, 15) is 4.39 Å². The molecule has 41 heavy (non-hydrogen) atoms. The van der Waals surface area contributed by atoms with Crippen LogP contribution in [0.1, 0.15) is 55.3 Å². The molecule has 6 nitrogen and oxygen atoms in total. The number of pyridine rings is 1. The fourth-order valence-corrected chi connectivity index (χ4v) is 5.48. The molecule has 7 heteroatoms. The van der Waals surface area contributed by atoms with Gasteiger partial charge in [0.25, 0.3) is 0 Å². The van der Waals surface area contributed by atoms with Gasteiger partial charge >= 0.3 is 0 Å². The van der Waals surface area contributed by atoms with Gasteiger partial charge in [-0.15, -0.1) is 0 Å². The van der Waals surface area contributed by atoms with Crippen molar-refractivity contribution in [3.8, 4) is 11.5 Å². The van der Waals surface area contributed by atoms with Crippen LogP contribution in [0, 0.1) is 18.7 Å². The number of aromatic nitrogens is 5. The number of nitrogens with zero attached hydrogens (tertiary/aromatic N) is 3. The van der Waals surface area contributed by atoms with E-state index >= 15 is 0 Å². The van der Waals surface area contributed by atoms with E-state index < -0.39 is 0 Å². The van der Waals surface area contributed by atoms with Crippen molar-refractivity contribution in [2.75, 3.05) is 13.1 Å². The fourth-order valence-electron chi connectivity index (χ4n) is 5.48. The Hall–Kier alpha value is -4.36. The molecule has 3 heterocycles. The van der Waals surface area contributed by atoms with E-state index in [2.05, 4.69) is 45.8 Å². The highest BCUT2D eigenvalue weighted by atomic mass is 19.1. The zero-order valence-corrected chi connectivity index (χ0v) is 23.8. The molecule has 0 aliphatic heterocycles. The first-order valence-corrected chi connectivity index (χ1v) is 14.2. The monoisotopic (exact) mass is 548 g/mol. The molecule has 0 radical (unpaired) electrons. The highest BCUT2D eigenvalue weighted by Gasteiger charge is 2.20. The van der Waals surface area contributed by atoms with Crippen molar-refractivity contribution >= 4 is 22.2 Å². The lowest BCUT2D eigenvalue weighted by Gasteiger charge is -2.11. The highest BCUT2D eigenvalue weighted by molar-refractivity contribution is 5.90. The van der Waals surface area contributed by atoms with Crippen LogP contribution >= 0.6 is 0 Å². The number of H-pyrrole nitrogens is 2. The molecule has 0 bridgehead atoms. The predicted molar refractivity (Wildman–Crippen MR) is 167 cm³/mol. The van der Waals surface area contributed by atoms with Crippen molar-refractivity contribution < 1.29 is 4.39 Å². The van der Waals surface area contributed by atoms with Crippen LogP contribution in [-0.4, -0.2) is 38.2 Å². The van der Waals surface area contributed by atoms with Gasteiger partial charge in [0, 0.05) is 23.4 Å². The lowest BCUT2D eigenvalue weighted by atomic mass is 10.0. The molecular formula is C34H37FN6. The number of nitrogens with one attached hydrogen (secondary N) is 3. The molecule has 5 rings (SSSR count). The van der Waals surface area contributed by atoms with Crippen LogP contribution in [0.3, 0.4) is 0 Å². The van der Waals surface area contributed by atoms with Crippen LogP contribution in [-0.2, 0) is 0 Å². The molecule has 4 aromatic rings. The number of aromatic amines is 2. The molecule has 0 unspecified atom stereocenters. The summed E-state index contributed by atoms with van der Waals surface area (Å²) >= 11 is 0. The summed E-state index contributed by atoms with van der Waals surface area (Å²) < 4.78 is 14.7. The zero-order chi connectivity index (χ0) is 28.8. The molecule has 1 aromatic carbocycles. The fraction of sp³-hybridized carbons (Fsp3) is 0.265. The second-order valence-corrected chi connectivity index (χ2v) is 10.5. The van der Waals surface area contributed by atoms with Gasteiger partial charge in [-0.05, 0) is 74.6 Å². The maximum Gasteiger partial charge on any atom is 0.161 e. The minimum atomic E-state index is -0.319.